The summed E-state index contributed by atoms with van der Waals surface area (Å²) in [7, 11) is -3.69. The molecule has 134 valence electrons. The van der Waals surface area contributed by atoms with Crippen molar-refractivity contribution in [3.05, 3.63) is 64.6 Å². The number of carbonyl (C=O) groups is 1. The van der Waals surface area contributed by atoms with Crippen LogP contribution in [0.3, 0.4) is 0 Å². The summed E-state index contributed by atoms with van der Waals surface area (Å²) in [4.78, 5) is 12.5. The highest BCUT2D eigenvalue weighted by atomic mass is 79.9. The zero-order valence-corrected chi connectivity index (χ0v) is 16.5. The molecule has 0 aliphatic carbocycles. The molecule has 0 aliphatic heterocycles. The molecular formula is C18H21BrN2O3S. The van der Waals surface area contributed by atoms with Gasteiger partial charge in [0.2, 0.25) is 15.9 Å². The maximum Gasteiger partial charge on any atom is 0.243 e. The number of hydrogen-bond acceptors (Lipinski definition) is 3. The molecular weight excluding hydrogens is 404 g/mol. The van der Waals surface area contributed by atoms with Gasteiger partial charge < -0.3 is 5.32 Å². The predicted molar refractivity (Wildman–Crippen MR) is 102 cm³/mol. The van der Waals surface area contributed by atoms with Crippen LogP contribution in [0, 0.1) is 0 Å². The number of benzene rings is 2. The molecule has 0 bridgehead atoms. The first kappa shape index (κ1) is 19.6. The molecule has 1 N–H and O–H groups in total. The molecule has 0 heterocycles. The van der Waals surface area contributed by atoms with E-state index in [9.17, 15) is 13.2 Å². The Bertz CT molecular complexity index is 808. The van der Waals surface area contributed by atoms with Crippen LogP contribution in [-0.2, 0) is 14.8 Å². The van der Waals surface area contributed by atoms with Gasteiger partial charge in [0, 0.05) is 11.0 Å². The fourth-order valence-electron chi connectivity index (χ4n) is 2.39. The molecule has 0 radical (unpaired) electrons. The van der Waals surface area contributed by atoms with Crippen molar-refractivity contribution in [2.75, 3.05) is 13.1 Å². The minimum atomic E-state index is -3.69. The van der Waals surface area contributed by atoms with E-state index < -0.39 is 10.0 Å². The molecule has 2 rings (SSSR count). The van der Waals surface area contributed by atoms with E-state index in [0.717, 1.165) is 10.0 Å². The van der Waals surface area contributed by atoms with Crippen molar-refractivity contribution in [1.82, 2.24) is 9.62 Å². The lowest BCUT2D eigenvalue weighted by Crippen LogP contribution is -2.41. The minimum Gasteiger partial charge on any atom is -0.348 e. The van der Waals surface area contributed by atoms with Crippen molar-refractivity contribution in [1.29, 1.82) is 0 Å². The number of likely N-dealkylation sites (N-methyl/N-ethyl adjacent to an activating group) is 1. The Hall–Kier alpha value is -1.70. The molecule has 0 aliphatic rings. The molecule has 2 aromatic carbocycles. The SMILES string of the molecule is CCN(CC(=O)NC(C)c1ccc(Br)cc1)S(=O)(=O)c1ccccc1. The van der Waals surface area contributed by atoms with Gasteiger partial charge in [0.05, 0.1) is 17.5 Å². The van der Waals surface area contributed by atoms with E-state index >= 15 is 0 Å². The number of sulfonamides is 1. The lowest BCUT2D eigenvalue weighted by Gasteiger charge is -2.21. The van der Waals surface area contributed by atoms with E-state index in [1.165, 1.54) is 16.4 Å². The van der Waals surface area contributed by atoms with Crippen LogP contribution in [0.4, 0.5) is 0 Å². The van der Waals surface area contributed by atoms with E-state index in [1.54, 1.807) is 25.1 Å². The first-order valence-electron chi connectivity index (χ1n) is 7.94. The van der Waals surface area contributed by atoms with Gasteiger partial charge in [-0.05, 0) is 36.8 Å². The predicted octanol–water partition coefficient (Wildman–Crippen LogP) is 3.34. The lowest BCUT2D eigenvalue weighted by molar-refractivity contribution is -0.121. The third-order valence-electron chi connectivity index (χ3n) is 3.80. The maximum absolute atomic E-state index is 12.6. The molecule has 2 aromatic rings. The first-order valence-corrected chi connectivity index (χ1v) is 10.2. The van der Waals surface area contributed by atoms with Crippen molar-refractivity contribution in [2.45, 2.75) is 24.8 Å². The average molecular weight is 425 g/mol. The number of nitrogens with zero attached hydrogens (tertiary/aromatic N) is 1. The summed E-state index contributed by atoms with van der Waals surface area (Å²) in [6.45, 7) is 3.58. The molecule has 1 unspecified atom stereocenters. The number of halogens is 1. The number of nitrogens with one attached hydrogen (secondary N) is 1. The summed E-state index contributed by atoms with van der Waals surface area (Å²) in [5, 5.41) is 2.84. The van der Waals surface area contributed by atoms with Gasteiger partial charge in [-0.15, -0.1) is 0 Å². The Morgan fingerprint density at radius 2 is 1.72 bits per heavy atom. The van der Waals surface area contributed by atoms with Gasteiger partial charge in [0.25, 0.3) is 0 Å². The zero-order chi connectivity index (χ0) is 18.4. The standard InChI is InChI=1S/C18H21BrN2O3S/c1-3-21(25(23,24)17-7-5-4-6-8-17)13-18(22)20-14(2)15-9-11-16(19)12-10-15/h4-12,14H,3,13H2,1-2H3,(H,20,22). The highest BCUT2D eigenvalue weighted by molar-refractivity contribution is 9.10. The van der Waals surface area contributed by atoms with E-state index in [0.29, 0.717) is 0 Å². The molecule has 0 fully saturated rings. The van der Waals surface area contributed by atoms with Crippen molar-refractivity contribution >= 4 is 31.9 Å². The summed E-state index contributed by atoms with van der Waals surface area (Å²) in [6.07, 6.45) is 0. The highest BCUT2D eigenvalue weighted by Gasteiger charge is 2.25. The van der Waals surface area contributed by atoms with Gasteiger partial charge in [-0.3, -0.25) is 4.79 Å². The number of carbonyl (C=O) groups excluding carboxylic acids is 1. The largest absolute Gasteiger partial charge is 0.348 e. The van der Waals surface area contributed by atoms with Gasteiger partial charge in [-0.25, -0.2) is 8.42 Å². The van der Waals surface area contributed by atoms with Crippen LogP contribution >= 0.6 is 15.9 Å². The van der Waals surface area contributed by atoms with E-state index in [2.05, 4.69) is 21.2 Å². The van der Waals surface area contributed by atoms with Crippen LogP contribution in [0.5, 0.6) is 0 Å². The summed E-state index contributed by atoms with van der Waals surface area (Å²) in [5.41, 5.74) is 0.950. The molecule has 25 heavy (non-hydrogen) atoms. The zero-order valence-electron chi connectivity index (χ0n) is 14.1. The van der Waals surface area contributed by atoms with Crippen molar-refractivity contribution in [3.8, 4) is 0 Å². The van der Waals surface area contributed by atoms with Gasteiger partial charge in [-0.2, -0.15) is 4.31 Å². The average Bonchev–Trinajstić information content (AvgIpc) is 2.60. The Balaban J connectivity index is 2.06. The summed E-state index contributed by atoms with van der Waals surface area (Å²) in [5.74, 6) is -0.336. The van der Waals surface area contributed by atoms with Crippen LogP contribution in [0.2, 0.25) is 0 Å². The Labute approximate surface area is 157 Å². The molecule has 0 saturated heterocycles. The first-order chi connectivity index (χ1) is 11.8. The van der Waals surface area contributed by atoms with Crippen molar-refractivity contribution in [2.24, 2.45) is 0 Å². The van der Waals surface area contributed by atoms with Gasteiger partial charge in [0.1, 0.15) is 0 Å². The normalized spacial score (nSPS) is 12.8. The number of amides is 1. The Morgan fingerprint density at radius 3 is 2.28 bits per heavy atom. The molecule has 0 aromatic heterocycles. The fraction of sp³-hybridized carbons (Fsp3) is 0.278. The van der Waals surface area contributed by atoms with E-state index in [4.69, 9.17) is 0 Å². The van der Waals surface area contributed by atoms with Crippen LogP contribution in [0.25, 0.3) is 0 Å². The summed E-state index contributed by atoms with van der Waals surface area (Å²) in [6, 6.07) is 15.5. The Morgan fingerprint density at radius 1 is 1.12 bits per heavy atom. The second-order valence-electron chi connectivity index (χ2n) is 5.59. The highest BCUT2D eigenvalue weighted by Crippen LogP contribution is 2.17. The third kappa shape index (κ3) is 5.14. The van der Waals surface area contributed by atoms with Crippen LogP contribution in [-0.4, -0.2) is 31.7 Å². The quantitative estimate of drug-likeness (QED) is 0.740. The van der Waals surface area contributed by atoms with Gasteiger partial charge in [-0.1, -0.05) is 53.2 Å². The van der Waals surface area contributed by atoms with E-state index in [1.807, 2.05) is 31.2 Å². The van der Waals surface area contributed by atoms with Crippen molar-refractivity contribution in [3.63, 3.8) is 0 Å². The maximum atomic E-state index is 12.6. The second-order valence-corrected chi connectivity index (χ2v) is 8.44. The monoisotopic (exact) mass is 424 g/mol. The smallest absolute Gasteiger partial charge is 0.243 e. The van der Waals surface area contributed by atoms with Gasteiger partial charge in [0.15, 0.2) is 0 Å². The number of rotatable bonds is 7. The van der Waals surface area contributed by atoms with Crippen LogP contribution < -0.4 is 5.32 Å². The molecule has 7 heteroatoms. The third-order valence-corrected chi connectivity index (χ3v) is 6.26. The lowest BCUT2D eigenvalue weighted by atomic mass is 10.1. The molecule has 0 spiro atoms. The van der Waals surface area contributed by atoms with Gasteiger partial charge >= 0.3 is 0 Å². The minimum absolute atomic E-state index is 0.186. The van der Waals surface area contributed by atoms with Crippen LogP contribution in [0.1, 0.15) is 25.5 Å². The topological polar surface area (TPSA) is 66.5 Å². The van der Waals surface area contributed by atoms with E-state index in [-0.39, 0.29) is 29.9 Å². The Kier molecular flexibility index (Phi) is 6.75. The molecule has 5 nitrogen and oxygen atoms in total. The fourth-order valence-corrected chi connectivity index (χ4v) is 4.08. The molecule has 1 amide bonds. The number of hydrogen-bond donors (Lipinski definition) is 1. The summed E-state index contributed by atoms with van der Waals surface area (Å²) >= 11 is 3.37. The second kappa shape index (κ2) is 8.60. The van der Waals surface area contributed by atoms with Crippen molar-refractivity contribution < 1.29 is 13.2 Å². The molecule has 1 atom stereocenters. The summed E-state index contributed by atoms with van der Waals surface area (Å²) < 4.78 is 27.4. The molecule has 0 saturated carbocycles. The van der Waals surface area contributed by atoms with Crippen LogP contribution in [0.15, 0.2) is 64.0 Å².